The van der Waals surface area contributed by atoms with E-state index in [1.54, 1.807) is 0 Å². The number of hydrogen-bond donors (Lipinski definition) is 0. The monoisotopic (exact) mass is 144 g/mol. The summed E-state index contributed by atoms with van der Waals surface area (Å²) in [7, 11) is 0.154. The molecule has 0 aromatic rings. The molecule has 1 saturated heterocycles. The lowest BCUT2D eigenvalue weighted by Crippen LogP contribution is -2.24. The zero-order chi connectivity index (χ0) is 6.53. The molecule has 0 aromatic carbocycles. The Hall–Kier alpha value is 0.177. The smallest absolute Gasteiger partial charge is 0.0553 e. The highest BCUT2D eigenvalue weighted by atomic mass is 28.2. The van der Waals surface area contributed by atoms with E-state index in [9.17, 15) is 0 Å². The number of rotatable bonds is 2. The zero-order valence-corrected chi connectivity index (χ0v) is 7.64. The summed E-state index contributed by atoms with van der Waals surface area (Å²) in [5.41, 5.74) is 0.740. The number of ether oxygens (including phenoxy) is 1. The van der Waals surface area contributed by atoms with Crippen molar-refractivity contribution >= 4 is 9.52 Å². The molecule has 0 amide bonds. The van der Waals surface area contributed by atoms with Gasteiger partial charge in [0.25, 0.3) is 0 Å². The minimum Gasteiger partial charge on any atom is -0.382 e. The zero-order valence-electron chi connectivity index (χ0n) is 6.23. The van der Waals surface area contributed by atoms with E-state index >= 15 is 0 Å². The highest BCUT2D eigenvalue weighted by Crippen LogP contribution is 2.11. The van der Waals surface area contributed by atoms with E-state index in [-0.39, 0.29) is 9.52 Å². The van der Waals surface area contributed by atoms with Crippen molar-refractivity contribution in [3.8, 4) is 0 Å². The van der Waals surface area contributed by atoms with Gasteiger partial charge in [0.1, 0.15) is 0 Å². The van der Waals surface area contributed by atoms with Crippen LogP contribution in [-0.2, 0) is 4.74 Å². The molecule has 1 rings (SSSR count). The van der Waals surface area contributed by atoms with Gasteiger partial charge in [-0.15, -0.1) is 0 Å². The van der Waals surface area contributed by atoms with Crippen LogP contribution in [-0.4, -0.2) is 21.9 Å². The van der Waals surface area contributed by atoms with Gasteiger partial charge in [-0.3, -0.25) is 0 Å². The van der Waals surface area contributed by atoms with Crippen LogP contribution in [0.25, 0.3) is 0 Å². The maximum atomic E-state index is 5.58. The molecule has 9 heavy (non-hydrogen) atoms. The van der Waals surface area contributed by atoms with E-state index in [0.717, 1.165) is 12.3 Å². The predicted octanol–water partition coefficient (Wildman–Crippen LogP) is 1.12. The standard InChI is InChI=1S/C7H16OSi/c1-2-9-7-5-3-4-6-8-7/h7H,2-6,9H2,1H3. The SMILES string of the molecule is CC[SiH2]C1CCCCO1. The Morgan fingerprint density at radius 3 is 3.00 bits per heavy atom. The van der Waals surface area contributed by atoms with E-state index < -0.39 is 0 Å². The first kappa shape index (κ1) is 7.29. The van der Waals surface area contributed by atoms with Crippen LogP contribution in [0.2, 0.25) is 6.04 Å². The van der Waals surface area contributed by atoms with Crippen molar-refractivity contribution in [2.24, 2.45) is 0 Å². The molecule has 1 nitrogen and oxygen atoms in total. The summed E-state index contributed by atoms with van der Waals surface area (Å²) < 4.78 is 5.58. The molecule has 1 aliphatic heterocycles. The molecule has 54 valence electrons. The lowest BCUT2D eigenvalue weighted by atomic mass is 10.2. The van der Waals surface area contributed by atoms with Crippen LogP contribution >= 0.6 is 0 Å². The van der Waals surface area contributed by atoms with Gasteiger partial charge in [-0.25, -0.2) is 0 Å². The van der Waals surface area contributed by atoms with Crippen molar-refractivity contribution in [3.05, 3.63) is 0 Å². The molecule has 0 bridgehead atoms. The van der Waals surface area contributed by atoms with Gasteiger partial charge in [-0.05, 0) is 19.3 Å². The van der Waals surface area contributed by atoms with Crippen molar-refractivity contribution < 1.29 is 4.74 Å². The van der Waals surface area contributed by atoms with Crippen LogP contribution in [0.3, 0.4) is 0 Å². The van der Waals surface area contributed by atoms with Gasteiger partial charge in [-0.1, -0.05) is 13.0 Å². The van der Waals surface area contributed by atoms with Gasteiger partial charge in [0, 0.05) is 12.3 Å². The first-order chi connectivity index (χ1) is 4.43. The Balaban J connectivity index is 2.08. The van der Waals surface area contributed by atoms with E-state index in [0.29, 0.717) is 0 Å². The molecule has 2 heteroatoms. The highest BCUT2D eigenvalue weighted by molar-refractivity contribution is 6.37. The molecule has 0 N–H and O–H groups in total. The van der Waals surface area contributed by atoms with Crippen LogP contribution < -0.4 is 0 Å². The van der Waals surface area contributed by atoms with Crippen molar-refractivity contribution in [1.29, 1.82) is 0 Å². The van der Waals surface area contributed by atoms with E-state index in [2.05, 4.69) is 6.92 Å². The van der Waals surface area contributed by atoms with Crippen LogP contribution in [0.5, 0.6) is 0 Å². The minimum absolute atomic E-state index is 0.154. The maximum absolute atomic E-state index is 5.58. The lowest BCUT2D eigenvalue weighted by Gasteiger charge is -2.21. The molecule has 1 fully saturated rings. The summed E-state index contributed by atoms with van der Waals surface area (Å²) >= 11 is 0. The first-order valence-corrected chi connectivity index (χ1v) is 5.86. The molecule has 0 saturated carbocycles. The summed E-state index contributed by atoms with van der Waals surface area (Å²) in [6.45, 7) is 3.32. The molecule has 1 aliphatic rings. The van der Waals surface area contributed by atoms with Gasteiger partial charge < -0.3 is 4.74 Å². The summed E-state index contributed by atoms with van der Waals surface area (Å²) in [4.78, 5) is 0. The molecule has 1 unspecified atom stereocenters. The van der Waals surface area contributed by atoms with Gasteiger partial charge in [-0.2, -0.15) is 0 Å². The Labute approximate surface area is 59.6 Å². The first-order valence-electron chi connectivity index (χ1n) is 4.05. The average molecular weight is 144 g/mol. The maximum Gasteiger partial charge on any atom is 0.0553 e. The Kier molecular flexibility index (Phi) is 3.29. The third-order valence-corrected chi connectivity index (χ3v) is 3.75. The Morgan fingerprint density at radius 1 is 1.56 bits per heavy atom. The van der Waals surface area contributed by atoms with Crippen LogP contribution in [0.1, 0.15) is 26.2 Å². The van der Waals surface area contributed by atoms with Crippen LogP contribution in [0, 0.1) is 0 Å². The second-order valence-corrected chi connectivity index (χ2v) is 5.27. The molecule has 1 heterocycles. The molecular formula is C7H16OSi. The molecule has 0 aromatic heterocycles. The minimum atomic E-state index is 0.154. The summed E-state index contributed by atoms with van der Waals surface area (Å²) in [6.07, 6.45) is 4.08. The third kappa shape index (κ3) is 2.50. The molecular weight excluding hydrogens is 128 g/mol. The topological polar surface area (TPSA) is 9.23 Å². The van der Waals surface area contributed by atoms with Gasteiger partial charge in [0.05, 0.1) is 9.52 Å². The van der Waals surface area contributed by atoms with Gasteiger partial charge >= 0.3 is 0 Å². The van der Waals surface area contributed by atoms with Gasteiger partial charge in [0.15, 0.2) is 0 Å². The third-order valence-electron chi connectivity index (χ3n) is 1.88. The van der Waals surface area contributed by atoms with E-state index in [4.69, 9.17) is 4.74 Å². The largest absolute Gasteiger partial charge is 0.382 e. The Bertz CT molecular complexity index is 66.6. The summed E-state index contributed by atoms with van der Waals surface area (Å²) in [5.74, 6) is 0. The van der Waals surface area contributed by atoms with Crippen LogP contribution in [0.15, 0.2) is 0 Å². The van der Waals surface area contributed by atoms with Crippen molar-refractivity contribution in [2.45, 2.75) is 38.0 Å². The fourth-order valence-corrected chi connectivity index (χ4v) is 2.91. The second kappa shape index (κ2) is 4.07. The normalized spacial score (nSPS) is 29.7. The quantitative estimate of drug-likeness (QED) is 0.528. The lowest BCUT2D eigenvalue weighted by molar-refractivity contribution is 0.0651. The Morgan fingerprint density at radius 2 is 2.44 bits per heavy atom. The van der Waals surface area contributed by atoms with Crippen LogP contribution in [0.4, 0.5) is 0 Å². The van der Waals surface area contributed by atoms with Crippen molar-refractivity contribution in [2.75, 3.05) is 6.61 Å². The molecule has 0 spiro atoms. The van der Waals surface area contributed by atoms with Crippen molar-refractivity contribution in [3.63, 3.8) is 0 Å². The predicted molar refractivity (Wildman–Crippen MR) is 42.6 cm³/mol. The van der Waals surface area contributed by atoms with E-state index in [1.807, 2.05) is 0 Å². The summed E-state index contributed by atoms with van der Waals surface area (Å²) in [5, 5.41) is 0. The molecule has 1 atom stereocenters. The average Bonchev–Trinajstić information content (AvgIpc) is 1.91. The molecule has 0 aliphatic carbocycles. The second-order valence-electron chi connectivity index (χ2n) is 2.78. The summed E-state index contributed by atoms with van der Waals surface area (Å²) in [6, 6.07) is 1.41. The van der Waals surface area contributed by atoms with Gasteiger partial charge in [0.2, 0.25) is 0 Å². The fourth-order valence-electron chi connectivity index (χ4n) is 1.36. The highest BCUT2D eigenvalue weighted by Gasteiger charge is 2.11. The van der Waals surface area contributed by atoms with Crippen molar-refractivity contribution in [1.82, 2.24) is 0 Å². The fraction of sp³-hybridized carbons (Fsp3) is 1.00. The number of hydrogen-bond acceptors (Lipinski definition) is 1. The van der Waals surface area contributed by atoms with E-state index in [1.165, 1.54) is 25.3 Å². The molecule has 0 radical (unpaired) electrons.